The minimum atomic E-state index is 0.0448. The Kier molecular flexibility index (Phi) is 6.43. The van der Waals surface area contributed by atoms with Crippen molar-refractivity contribution in [2.75, 3.05) is 45.8 Å². The zero-order chi connectivity index (χ0) is 22.9. The van der Waals surface area contributed by atoms with Crippen LogP contribution in [0, 0.1) is 6.92 Å². The summed E-state index contributed by atoms with van der Waals surface area (Å²) in [6, 6.07) is 5.91. The highest BCUT2D eigenvalue weighted by Gasteiger charge is 2.35. The Bertz CT molecular complexity index is 1030. The van der Waals surface area contributed by atoms with Gasteiger partial charge in [0.2, 0.25) is 5.91 Å². The number of piperazine rings is 1. The van der Waals surface area contributed by atoms with E-state index >= 15 is 0 Å². The Morgan fingerprint density at radius 2 is 1.73 bits per heavy atom. The Balaban J connectivity index is 1.25. The topological polar surface area (TPSA) is 61.7 Å². The summed E-state index contributed by atoms with van der Waals surface area (Å²) in [5, 5.41) is 5.29. The molecule has 0 radical (unpaired) electrons. The van der Waals surface area contributed by atoms with Gasteiger partial charge in [-0.15, -0.1) is 0 Å². The van der Waals surface area contributed by atoms with Gasteiger partial charge in [0.05, 0.1) is 29.7 Å². The van der Waals surface area contributed by atoms with Crippen molar-refractivity contribution in [2.45, 2.75) is 44.9 Å². The Morgan fingerprint density at radius 1 is 1.00 bits per heavy atom. The third kappa shape index (κ3) is 4.80. The zero-order valence-electron chi connectivity index (χ0n) is 19.3. The molecule has 0 spiro atoms. The molecule has 1 aliphatic carbocycles. The smallest absolute Gasteiger partial charge is 0.257 e. The van der Waals surface area contributed by atoms with Crippen LogP contribution in [0.2, 0.25) is 5.02 Å². The second-order valence-electron chi connectivity index (χ2n) is 9.57. The summed E-state index contributed by atoms with van der Waals surface area (Å²) in [4.78, 5) is 32.1. The highest BCUT2D eigenvalue weighted by atomic mass is 35.5. The van der Waals surface area contributed by atoms with Gasteiger partial charge in [0, 0.05) is 50.2 Å². The van der Waals surface area contributed by atoms with Gasteiger partial charge < -0.3 is 9.80 Å². The molecule has 0 bridgehead atoms. The lowest BCUT2D eigenvalue weighted by molar-refractivity contribution is -0.133. The van der Waals surface area contributed by atoms with E-state index in [0.29, 0.717) is 36.1 Å². The lowest BCUT2D eigenvalue weighted by atomic mass is 10.1. The molecule has 2 saturated heterocycles. The van der Waals surface area contributed by atoms with Gasteiger partial charge in [0.1, 0.15) is 0 Å². The summed E-state index contributed by atoms with van der Waals surface area (Å²) in [6.07, 6.45) is 7.33. The van der Waals surface area contributed by atoms with Crippen molar-refractivity contribution in [3.05, 3.63) is 46.2 Å². The average molecular weight is 470 g/mol. The van der Waals surface area contributed by atoms with Crippen LogP contribution in [0.4, 0.5) is 0 Å². The third-order valence-corrected chi connectivity index (χ3v) is 7.54. The molecule has 0 unspecified atom stereocenters. The maximum absolute atomic E-state index is 13.4. The lowest BCUT2D eigenvalue weighted by Gasteiger charge is -2.36. The highest BCUT2D eigenvalue weighted by Crippen LogP contribution is 2.43. The molecule has 176 valence electrons. The van der Waals surface area contributed by atoms with Crippen LogP contribution in [0.25, 0.3) is 5.69 Å². The second kappa shape index (κ2) is 9.47. The van der Waals surface area contributed by atoms with Gasteiger partial charge in [-0.05, 0) is 56.7 Å². The first-order chi connectivity index (χ1) is 16.0. The normalized spacial score (nSPS) is 19.7. The second-order valence-corrected chi connectivity index (χ2v) is 9.98. The van der Waals surface area contributed by atoms with Gasteiger partial charge >= 0.3 is 0 Å². The number of rotatable bonds is 5. The fourth-order valence-electron chi connectivity index (χ4n) is 4.91. The number of piperidine rings is 1. The molecule has 1 saturated carbocycles. The molecule has 8 heteroatoms. The van der Waals surface area contributed by atoms with Crippen LogP contribution < -0.4 is 0 Å². The predicted molar refractivity (Wildman–Crippen MR) is 128 cm³/mol. The zero-order valence-corrected chi connectivity index (χ0v) is 20.1. The molecule has 2 aromatic rings. The standard InChI is InChI=1S/C25H32ClN5O2/c1-18-5-8-20(15-22(18)26)31-24(19-6-7-19)21(16-27-31)25(33)30-13-11-28(12-14-30)17-23(32)29-9-3-2-4-10-29/h5,8,15-16,19H,2-4,6-7,9-14,17H2,1H3. The van der Waals surface area contributed by atoms with Crippen molar-refractivity contribution in [2.24, 2.45) is 0 Å². The fraction of sp³-hybridized carbons (Fsp3) is 0.560. The molecule has 5 rings (SSSR count). The third-order valence-electron chi connectivity index (χ3n) is 7.13. The monoisotopic (exact) mass is 469 g/mol. The summed E-state index contributed by atoms with van der Waals surface area (Å²) >= 11 is 6.35. The first kappa shape index (κ1) is 22.4. The van der Waals surface area contributed by atoms with Crippen LogP contribution in [-0.2, 0) is 4.79 Å². The van der Waals surface area contributed by atoms with Gasteiger partial charge in [-0.25, -0.2) is 4.68 Å². The van der Waals surface area contributed by atoms with Crippen LogP contribution in [0.5, 0.6) is 0 Å². The molecule has 2 aliphatic heterocycles. The minimum absolute atomic E-state index is 0.0448. The molecule has 0 atom stereocenters. The highest BCUT2D eigenvalue weighted by molar-refractivity contribution is 6.31. The number of nitrogens with zero attached hydrogens (tertiary/aromatic N) is 5. The number of halogens is 1. The number of aromatic nitrogens is 2. The summed E-state index contributed by atoms with van der Waals surface area (Å²) < 4.78 is 1.89. The molecule has 1 aromatic carbocycles. The summed E-state index contributed by atoms with van der Waals surface area (Å²) in [5.41, 5.74) is 3.62. The Morgan fingerprint density at radius 3 is 2.39 bits per heavy atom. The largest absolute Gasteiger partial charge is 0.342 e. The van der Waals surface area contributed by atoms with E-state index in [2.05, 4.69) is 10.00 Å². The predicted octanol–water partition coefficient (Wildman–Crippen LogP) is 3.48. The Labute approximate surface area is 200 Å². The SMILES string of the molecule is Cc1ccc(-n2ncc(C(=O)N3CCN(CC(=O)N4CCCCC4)CC3)c2C2CC2)cc1Cl. The number of carbonyl (C=O) groups excluding carboxylic acids is 2. The van der Waals surface area contributed by atoms with E-state index in [1.54, 1.807) is 6.20 Å². The number of hydrogen-bond donors (Lipinski definition) is 0. The van der Waals surface area contributed by atoms with E-state index < -0.39 is 0 Å². The average Bonchev–Trinajstić information content (AvgIpc) is 3.59. The van der Waals surface area contributed by atoms with Gasteiger partial charge in [0.15, 0.2) is 0 Å². The molecule has 0 N–H and O–H groups in total. The number of hydrogen-bond acceptors (Lipinski definition) is 4. The number of likely N-dealkylation sites (tertiary alicyclic amines) is 1. The van der Waals surface area contributed by atoms with E-state index in [4.69, 9.17) is 11.6 Å². The molecular weight excluding hydrogens is 438 g/mol. The first-order valence-electron chi connectivity index (χ1n) is 12.1. The van der Waals surface area contributed by atoms with Crippen molar-refractivity contribution >= 4 is 23.4 Å². The number of aryl methyl sites for hydroxylation is 1. The van der Waals surface area contributed by atoms with Crippen LogP contribution in [0.1, 0.15) is 59.6 Å². The Hall–Kier alpha value is -2.38. The van der Waals surface area contributed by atoms with Gasteiger partial charge in [0.25, 0.3) is 5.91 Å². The van der Waals surface area contributed by atoms with E-state index in [9.17, 15) is 9.59 Å². The van der Waals surface area contributed by atoms with Gasteiger partial charge in [-0.2, -0.15) is 5.10 Å². The minimum Gasteiger partial charge on any atom is -0.342 e. The molecule has 3 heterocycles. The first-order valence-corrected chi connectivity index (χ1v) is 12.5. The van der Waals surface area contributed by atoms with Crippen LogP contribution in [0.15, 0.2) is 24.4 Å². The summed E-state index contributed by atoms with van der Waals surface area (Å²) in [7, 11) is 0. The maximum Gasteiger partial charge on any atom is 0.257 e. The van der Waals surface area contributed by atoms with Crippen molar-refractivity contribution in [3.8, 4) is 5.69 Å². The summed E-state index contributed by atoms with van der Waals surface area (Å²) in [5.74, 6) is 0.641. The van der Waals surface area contributed by atoms with Crippen molar-refractivity contribution < 1.29 is 9.59 Å². The molecular formula is C25H32ClN5O2. The summed E-state index contributed by atoms with van der Waals surface area (Å²) in [6.45, 7) is 6.94. The van der Waals surface area contributed by atoms with Gasteiger partial charge in [-0.3, -0.25) is 14.5 Å². The van der Waals surface area contributed by atoms with Crippen LogP contribution >= 0.6 is 11.6 Å². The molecule has 3 aliphatic rings. The molecule has 3 fully saturated rings. The molecule has 2 amide bonds. The maximum atomic E-state index is 13.4. The van der Waals surface area contributed by atoms with Crippen molar-refractivity contribution in [1.29, 1.82) is 0 Å². The molecule has 7 nitrogen and oxygen atoms in total. The van der Waals surface area contributed by atoms with E-state index in [1.807, 2.05) is 39.6 Å². The number of benzene rings is 1. The van der Waals surface area contributed by atoms with Crippen molar-refractivity contribution in [3.63, 3.8) is 0 Å². The fourth-order valence-corrected chi connectivity index (χ4v) is 5.08. The quantitative estimate of drug-likeness (QED) is 0.672. The number of carbonyl (C=O) groups is 2. The van der Waals surface area contributed by atoms with E-state index in [-0.39, 0.29) is 11.8 Å². The van der Waals surface area contributed by atoms with Crippen LogP contribution in [-0.4, -0.2) is 82.1 Å². The van der Waals surface area contributed by atoms with Crippen LogP contribution in [0.3, 0.4) is 0 Å². The van der Waals surface area contributed by atoms with Gasteiger partial charge in [-0.1, -0.05) is 17.7 Å². The van der Waals surface area contributed by atoms with E-state index in [1.165, 1.54) is 6.42 Å². The molecule has 33 heavy (non-hydrogen) atoms. The molecule has 1 aromatic heterocycles. The van der Waals surface area contributed by atoms with E-state index in [0.717, 1.165) is 68.8 Å². The van der Waals surface area contributed by atoms with Crippen molar-refractivity contribution in [1.82, 2.24) is 24.5 Å². The number of amides is 2. The lowest BCUT2D eigenvalue weighted by Crippen LogP contribution is -2.52.